The van der Waals surface area contributed by atoms with E-state index in [-0.39, 0.29) is 12.0 Å². The van der Waals surface area contributed by atoms with Crippen molar-refractivity contribution in [3.05, 3.63) is 20.3 Å². The van der Waals surface area contributed by atoms with Gasteiger partial charge in [-0.05, 0) is 23.5 Å². The first-order chi connectivity index (χ1) is 5.97. The van der Waals surface area contributed by atoms with E-state index in [4.69, 9.17) is 28.3 Å². The number of rotatable bonds is 3. The molecular weight excluding hydrogens is 227 g/mol. The summed E-state index contributed by atoms with van der Waals surface area (Å²) >= 11 is 13.2. The molecule has 1 heterocycles. The zero-order valence-electron chi connectivity index (χ0n) is 7.60. The number of hydrogen-bond acceptors (Lipinski definition) is 2. The van der Waals surface area contributed by atoms with Crippen molar-refractivity contribution >= 4 is 34.5 Å². The Kier molecular flexibility index (Phi) is 3.64. The van der Waals surface area contributed by atoms with Gasteiger partial charge in [-0.1, -0.05) is 37.0 Å². The second-order valence-electron chi connectivity index (χ2n) is 3.60. The standard InChI is InChI=1S/C9H12Cl2OS/c1-9(2,3-4-12)6-5-7(10)13-8(6)11/h5,12H,3-4H2,1-2H3. The number of hydrogen-bond donors (Lipinski definition) is 1. The van der Waals surface area contributed by atoms with Crippen LogP contribution in [0.4, 0.5) is 0 Å². The first-order valence-corrected chi connectivity index (χ1v) is 5.61. The molecule has 0 bridgehead atoms. The Morgan fingerprint density at radius 3 is 2.46 bits per heavy atom. The second-order valence-corrected chi connectivity index (χ2v) is 5.88. The van der Waals surface area contributed by atoms with Gasteiger partial charge in [-0.25, -0.2) is 0 Å². The molecule has 13 heavy (non-hydrogen) atoms. The van der Waals surface area contributed by atoms with Crippen LogP contribution in [0.25, 0.3) is 0 Å². The molecule has 0 aliphatic heterocycles. The molecule has 0 aliphatic rings. The second kappa shape index (κ2) is 4.18. The van der Waals surface area contributed by atoms with E-state index in [2.05, 4.69) is 0 Å². The van der Waals surface area contributed by atoms with E-state index in [0.717, 1.165) is 9.90 Å². The van der Waals surface area contributed by atoms with Crippen LogP contribution in [0, 0.1) is 0 Å². The van der Waals surface area contributed by atoms with Crippen LogP contribution in [0.2, 0.25) is 8.67 Å². The Balaban J connectivity index is 2.98. The number of aliphatic hydroxyl groups excluding tert-OH is 1. The van der Waals surface area contributed by atoms with Crippen molar-refractivity contribution in [1.82, 2.24) is 0 Å². The lowest BCUT2D eigenvalue weighted by molar-refractivity contribution is 0.252. The van der Waals surface area contributed by atoms with Crippen LogP contribution >= 0.6 is 34.5 Å². The summed E-state index contributed by atoms with van der Waals surface area (Å²) in [7, 11) is 0. The molecule has 0 saturated heterocycles. The van der Waals surface area contributed by atoms with Crippen LogP contribution in [0.3, 0.4) is 0 Å². The highest BCUT2D eigenvalue weighted by molar-refractivity contribution is 7.20. The molecule has 1 aromatic rings. The average molecular weight is 239 g/mol. The highest BCUT2D eigenvalue weighted by Gasteiger charge is 2.24. The fraction of sp³-hybridized carbons (Fsp3) is 0.556. The first kappa shape index (κ1) is 11.3. The zero-order valence-corrected chi connectivity index (χ0v) is 9.93. The largest absolute Gasteiger partial charge is 0.396 e. The van der Waals surface area contributed by atoms with Gasteiger partial charge < -0.3 is 5.11 Å². The molecule has 0 unspecified atom stereocenters. The van der Waals surface area contributed by atoms with Crippen LogP contribution in [-0.4, -0.2) is 11.7 Å². The van der Waals surface area contributed by atoms with E-state index in [0.29, 0.717) is 10.8 Å². The Morgan fingerprint density at radius 2 is 2.08 bits per heavy atom. The smallest absolute Gasteiger partial charge is 0.0981 e. The van der Waals surface area contributed by atoms with Crippen molar-refractivity contribution in [3.63, 3.8) is 0 Å². The SMILES string of the molecule is CC(C)(CCO)c1cc(Cl)sc1Cl. The Bertz CT molecular complexity index is 294. The fourth-order valence-corrected chi connectivity index (χ4v) is 3.03. The first-order valence-electron chi connectivity index (χ1n) is 4.03. The van der Waals surface area contributed by atoms with E-state index in [1.807, 2.05) is 19.9 Å². The van der Waals surface area contributed by atoms with Crippen molar-refractivity contribution in [1.29, 1.82) is 0 Å². The molecule has 1 aromatic heterocycles. The Hall–Kier alpha value is 0.240. The summed E-state index contributed by atoms with van der Waals surface area (Å²) < 4.78 is 1.43. The summed E-state index contributed by atoms with van der Waals surface area (Å²) in [6, 6.07) is 1.88. The maximum absolute atomic E-state index is 8.89. The molecule has 0 spiro atoms. The Labute approximate surface area is 92.3 Å². The van der Waals surface area contributed by atoms with Gasteiger partial charge in [0.2, 0.25) is 0 Å². The third-order valence-corrected chi connectivity index (χ3v) is 3.61. The molecule has 0 aliphatic carbocycles. The predicted octanol–water partition coefficient (Wildman–Crippen LogP) is 3.71. The van der Waals surface area contributed by atoms with Crippen molar-refractivity contribution in [2.45, 2.75) is 25.7 Å². The molecule has 0 radical (unpaired) electrons. The molecule has 1 nitrogen and oxygen atoms in total. The third kappa shape index (κ3) is 2.59. The summed E-state index contributed by atoms with van der Waals surface area (Å²) in [6.07, 6.45) is 0.694. The monoisotopic (exact) mass is 238 g/mol. The van der Waals surface area contributed by atoms with Crippen molar-refractivity contribution in [2.24, 2.45) is 0 Å². The van der Waals surface area contributed by atoms with Crippen molar-refractivity contribution in [2.75, 3.05) is 6.61 Å². The summed E-state index contributed by atoms with van der Waals surface area (Å²) in [4.78, 5) is 0. The van der Waals surface area contributed by atoms with Gasteiger partial charge in [0.05, 0.1) is 8.67 Å². The molecule has 0 saturated carbocycles. The highest BCUT2D eigenvalue weighted by atomic mass is 35.5. The lowest BCUT2D eigenvalue weighted by atomic mass is 9.84. The molecule has 1 rings (SSSR count). The molecule has 0 amide bonds. The summed E-state index contributed by atoms with van der Waals surface area (Å²) in [5.41, 5.74) is 0.924. The van der Waals surface area contributed by atoms with Gasteiger partial charge in [0.1, 0.15) is 0 Å². The number of aliphatic hydroxyl groups is 1. The maximum atomic E-state index is 8.89. The highest BCUT2D eigenvalue weighted by Crippen LogP contribution is 2.39. The van der Waals surface area contributed by atoms with Crippen molar-refractivity contribution < 1.29 is 5.11 Å². The van der Waals surface area contributed by atoms with Gasteiger partial charge in [0, 0.05) is 6.61 Å². The summed E-state index contributed by atoms with van der Waals surface area (Å²) in [5, 5.41) is 8.89. The minimum atomic E-state index is -0.102. The van der Waals surface area contributed by atoms with E-state index in [1.165, 1.54) is 11.3 Å². The van der Waals surface area contributed by atoms with Crippen LogP contribution in [0.15, 0.2) is 6.07 Å². The average Bonchev–Trinajstić information content (AvgIpc) is 2.30. The van der Waals surface area contributed by atoms with E-state index < -0.39 is 0 Å². The van der Waals surface area contributed by atoms with Crippen LogP contribution in [0.5, 0.6) is 0 Å². The fourth-order valence-electron chi connectivity index (χ4n) is 1.22. The summed E-state index contributed by atoms with van der Waals surface area (Å²) in [5.74, 6) is 0. The van der Waals surface area contributed by atoms with Gasteiger partial charge in [-0.3, -0.25) is 0 Å². The van der Waals surface area contributed by atoms with Gasteiger partial charge in [-0.2, -0.15) is 0 Å². The summed E-state index contributed by atoms with van der Waals surface area (Å²) in [6.45, 7) is 4.26. The molecule has 74 valence electrons. The molecule has 0 atom stereocenters. The quantitative estimate of drug-likeness (QED) is 0.852. The van der Waals surface area contributed by atoms with Crippen LogP contribution < -0.4 is 0 Å². The predicted molar refractivity (Wildman–Crippen MR) is 59.1 cm³/mol. The maximum Gasteiger partial charge on any atom is 0.0981 e. The third-order valence-electron chi connectivity index (χ3n) is 2.12. The topological polar surface area (TPSA) is 20.2 Å². The van der Waals surface area contributed by atoms with Gasteiger partial charge in [0.25, 0.3) is 0 Å². The number of halogens is 2. The molecule has 0 fully saturated rings. The zero-order chi connectivity index (χ0) is 10.1. The van der Waals surface area contributed by atoms with Gasteiger partial charge in [0.15, 0.2) is 0 Å². The van der Waals surface area contributed by atoms with Crippen molar-refractivity contribution in [3.8, 4) is 0 Å². The van der Waals surface area contributed by atoms with Crippen LogP contribution in [-0.2, 0) is 5.41 Å². The van der Waals surface area contributed by atoms with Crippen LogP contribution in [0.1, 0.15) is 25.8 Å². The lowest BCUT2D eigenvalue weighted by Gasteiger charge is -2.22. The molecule has 1 N–H and O–H groups in total. The Morgan fingerprint density at radius 1 is 1.46 bits per heavy atom. The lowest BCUT2D eigenvalue weighted by Crippen LogP contribution is -2.18. The minimum absolute atomic E-state index is 0.102. The minimum Gasteiger partial charge on any atom is -0.396 e. The van der Waals surface area contributed by atoms with E-state index in [9.17, 15) is 0 Å². The molecular formula is C9H12Cl2OS. The number of thiophene rings is 1. The van der Waals surface area contributed by atoms with Gasteiger partial charge in [-0.15, -0.1) is 11.3 Å². The van der Waals surface area contributed by atoms with E-state index >= 15 is 0 Å². The molecule has 0 aromatic carbocycles. The normalized spacial score (nSPS) is 12.1. The molecule has 4 heteroatoms. The van der Waals surface area contributed by atoms with Gasteiger partial charge >= 0.3 is 0 Å². The van der Waals surface area contributed by atoms with E-state index in [1.54, 1.807) is 0 Å².